The molecular formula is C27H30FNO2. The first kappa shape index (κ1) is 22.7. The van der Waals surface area contributed by atoms with Crippen molar-refractivity contribution in [2.75, 3.05) is 0 Å². The first-order valence-electron chi connectivity index (χ1n) is 11.2. The van der Waals surface area contributed by atoms with Crippen LogP contribution in [0.4, 0.5) is 4.39 Å². The third kappa shape index (κ3) is 6.48. The Morgan fingerprint density at radius 1 is 0.871 bits per heavy atom. The summed E-state index contributed by atoms with van der Waals surface area (Å²) in [6.07, 6.45) is 9.32. The Balaban J connectivity index is 1.62. The highest BCUT2D eigenvalue weighted by Crippen LogP contribution is 2.23. The van der Waals surface area contributed by atoms with Gasteiger partial charge in [-0.1, -0.05) is 45.2 Å². The Kier molecular flexibility index (Phi) is 8.34. The molecule has 3 rings (SSSR count). The third-order valence-corrected chi connectivity index (χ3v) is 5.33. The number of carbonyl (C=O) groups is 1. The summed E-state index contributed by atoms with van der Waals surface area (Å²) in [7, 11) is 0. The van der Waals surface area contributed by atoms with Crippen molar-refractivity contribution in [3.63, 3.8) is 0 Å². The monoisotopic (exact) mass is 419 g/mol. The van der Waals surface area contributed by atoms with Gasteiger partial charge in [-0.2, -0.15) is 0 Å². The zero-order valence-electron chi connectivity index (χ0n) is 18.4. The Labute approximate surface area is 184 Å². The average molecular weight is 420 g/mol. The van der Waals surface area contributed by atoms with Crippen LogP contribution in [0.15, 0.2) is 60.8 Å². The molecule has 0 aliphatic rings. The molecule has 0 atom stereocenters. The van der Waals surface area contributed by atoms with Gasteiger partial charge in [0.2, 0.25) is 0 Å². The molecule has 0 unspecified atom stereocenters. The van der Waals surface area contributed by atoms with Crippen LogP contribution in [-0.2, 0) is 12.8 Å². The predicted molar refractivity (Wildman–Crippen MR) is 123 cm³/mol. The SMILES string of the molecule is CCCCCc1ccc(C(=O)Oc2ccc(-c3ccc(CCCC)cn3)cc2)c(F)c1. The highest BCUT2D eigenvalue weighted by Gasteiger charge is 2.15. The quantitative estimate of drug-likeness (QED) is 0.198. The lowest BCUT2D eigenvalue weighted by atomic mass is 10.0. The molecule has 2 aromatic carbocycles. The largest absolute Gasteiger partial charge is 0.423 e. The van der Waals surface area contributed by atoms with Crippen LogP contribution in [0, 0.1) is 5.82 Å². The fourth-order valence-corrected chi connectivity index (χ4v) is 3.44. The van der Waals surface area contributed by atoms with Gasteiger partial charge in [-0.3, -0.25) is 4.98 Å². The molecule has 4 heteroatoms. The van der Waals surface area contributed by atoms with E-state index in [0.717, 1.165) is 61.8 Å². The molecule has 1 aromatic heterocycles. The van der Waals surface area contributed by atoms with Gasteiger partial charge in [0, 0.05) is 11.8 Å². The van der Waals surface area contributed by atoms with E-state index >= 15 is 0 Å². The molecule has 3 nitrogen and oxygen atoms in total. The molecule has 0 aliphatic heterocycles. The normalized spacial score (nSPS) is 10.8. The average Bonchev–Trinajstić information content (AvgIpc) is 2.79. The van der Waals surface area contributed by atoms with Gasteiger partial charge in [0.15, 0.2) is 0 Å². The van der Waals surface area contributed by atoms with Crippen LogP contribution < -0.4 is 4.74 Å². The number of carbonyl (C=O) groups excluding carboxylic acids is 1. The van der Waals surface area contributed by atoms with E-state index in [2.05, 4.69) is 24.9 Å². The van der Waals surface area contributed by atoms with Crippen molar-refractivity contribution in [2.24, 2.45) is 0 Å². The highest BCUT2D eigenvalue weighted by molar-refractivity contribution is 5.91. The van der Waals surface area contributed by atoms with Crippen LogP contribution in [-0.4, -0.2) is 11.0 Å². The van der Waals surface area contributed by atoms with Gasteiger partial charge in [0.1, 0.15) is 11.6 Å². The van der Waals surface area contributed by atoms with Crippen LogP contribution in [0.25, 0.3) is 11.3 Å². The second kappa shape index (κ2) is 11.4. The number of hydrogen-bond donors (Lipinski definition) is 0. The minimum absolute atomic E-state index is 0.0485. The van der Waals surface area contributed by atoms with E-state index < -0.39 is 11.8 Å². The van der Waals surface area contributed by atoms with E-state index in [1.165, 1.54) is 17.7 Å². The van der Waals surface area contributed by atoms with Crippen molar-refractivity contribution in [1.29, 1.82) is 0 Å². The molecule has 0 radical (unpaired) electrons. The molecular weight excluding hydrogens is 389 g/mol. The molecule has 0 amide bonds. The molecule has 0 fully saturated rings. The number of pyridine rings is 1. The lowest BCUT2D eigenvalue weighted by Gasteiger charge is -2.08. The smallest absolute Gasteiger partial charge is 0.346 e. The van der Waals surface area contributed by atoms with Gasteiger partial charge in [0.05, 0.1) is 11.3 Å². The summed E-state index contributed by atoms with van der Waals surface area (Å²) in [6, 6.07) is 16.0. The van der Waals surface area contributed by atoms with Crippen LogP contribution in [0.5, 0.6) is 5.75 Å². The van der Waals surface area contributed by atoms with E-state index in [0.29, 0.717) is 5.75 Å². The molecule has 0 spiro atoms. The second-order valence-corrected chi connectivity index (χ2v) is 7.84. The number of hydrogen-bond acceptors (Lipinski definition) is 3. The van der Waals surface area contributed by atoms with Gasteiger partial charge in [-0.15, -0.1) is 0 Å². The standard InChI is InChI=1S/C27H30FNO2/c1-3-5-7-9-20-10-16-24(25(28)18-20)27(30)31-23-14-12-22(13-15-23)26-17-11-21(19-29-26)8-6-4-2/h10-19H,3-9H2,1-2H3. The number of benzene rings is 2. The first-order chi connectivity index (χ1) is 15.1. The summed E-state index contributed by atoms with van der Waals surface area (Å²) < 4.78 is 19.8. The van der Waals surface area contributed by atoms with Crippen molar-refractivity contribution in [3.05, 3.63) is 83.3 Å². The van der Waals surface area contributed by atoms with Crippen molar-refractivity contribution in [3.8, 4) is 17.0 Å². The van der Waals surface area contributed by atoms with Crippen LogP contribution in [0.1, 0.15) is 67.4 Å². The van der Waals surface area contributed by atoms with Gasteiger partial charge in [0.25, 0.3) is 0 Å². The number of ether oxygens (including phenoxy) is 1. The van der Waals surface area contributed by atoms with E-state index in [1.54, 1.807) is 18.2 Å². The number of rotatable bonds is 10. The Morgan fingerprint density at radius 2 is 1.58 bits per heavy atom. The molecule has 1 heterocycles. The molecule has 3 aromatic rings. The lowest BCUT2D eigenvalue weighted by Crippen LogP contribution is -2.11. The Morgan fingerprint density at radius 3 is 2.23 bits per heavy atom. The number of aryl methyl sites for hydroxylation is 2. The number of unbranched alkanes of at least 4 members (excludes halogenated alkanes) is 3. The number of aromatic nitrogens is 1. The molecule has 0 aliphatic carbocycles. The topological polar surface area (TPSA) is 39.2 Å². The van der Waals surface area contributed by atoms with Crippen LogP contribution >= 0.6 is 0 Å². The summed E-state index contributed by atoms with van der Waals surface area (Å²) in [5.41, 5.74) is 3.88. The summed E-state index contributed by atoms with van der Waals surface area (Å²) in [5, 5.41) is 0. The maximum Gasteiger partial charge on any atom is 0.346 e. The fourth-order valence-electron chi connectivity index (χ4n) is 3.44. The zero-order chi connectivity index (χ0) is 22.1. The third-order valence-electron chi connectivity index (χ3n) is 5.33. The van der Waals surface area contributed by atoms with E-state index in [4.69, 9.17) is 4.74 Å². The second-order valence-electron chi connectivity index (χ2n) is 7.84. The summed E-state index contributed by atoms with van der Waals surface area (Å²) >= 11 is 0. The molecule has 0 N–H and O–H groups in total. The maximum absolute atomic E-state index is 14.4. The van der Waals surface area contributed by atoms with Gasteiger partial charge in [-0.05, 0) is 79.3 Å². The molecule has 0 saturated heterocycles. The van der Waals surface area contributed by atoms with E-state index in [-0.39, 0.29) is 5.56 Å². The predicted octanol–water partition coefficient (Wildman–Crippen LogP) is 7.18. The number of halogens is 1. The van der Waals surface area contributed by atoms with Crippen LogP contribution in [0.2, 0.25) is 0 Å². The number of esters is 1. The number of nitrogens with zero attached hydrogens (tertiary/aromatic N) is 1. The molecule has 31 heavy (non-hydrogen) atoms. The zero-order valence-corrected chi connectivity index (χ0v) is 18.4. The summed E-state index contributed by atoms with van der Waals surface area (Å²) in [5.74, 6) is -0.855. The minimum Gasteiger partial charge on any atom is -0.423 e. The fraction of sp³-hybridized carbons (Fsp3) is 0.333. The molecule has 0 bridgehead atoms. The van der Waals surface area contributed by atoms with Gasteiger partial charge in [-0.25, -0.2) is 9.18 Å². The van der Waals surface area contributed by atoms with Crippen LogP contribution in [0.3, 0.4) is 0 Å². The Hall–Kier alpha value is -3.01. The first-order valence-corrected chi connectivity index (χ1v) is 11.2. The van der Waals surface area contributed by atoms with Crippen molar-refractivity contribution in [2.45, 2.75) is 58.8 Å². The van der Waals surface area contributed by atoms with E-state index in [9.17, 15) is 9.18 Å². The van der Waals surface area contributed by atoms with Crippen molar-refractivity contribution in [1.82, 2.24) is 4.98 Å². The van der Waals surface area contributed by atoms with Crippen molar-refractivity contribution < 1.29 is 13.9 Å². The summed E-state index contributed by atoms with van der Waals surface area (Å²) in [6.45, 7) is 4.31. The lowest BCUT2D eigenvalue weighted by molar-refractivity contribution is 0.0730. The summed E-state index contributed by atoms with van der Waals surface area (Å²) in [4.78, 5) is 16.9. The van der Waals surface area contributed by atoms with Crippen molar-refractivity contribution >= 4 is 5.97 Å². The minimum atomic E-state index is -0.691. The molecule has 162 valence electrons. The maximum atomic E-state index is 14.4. The molecule has 0 saturated carbocycles. The highest BCUT2D eigenvalue weighted by atomic mass is 19.1. The van der Waals surface area contributed by atoms with Gasteiger partial charge >= 0.3 is 5.97 Å². The Bertz CT molecular complexity index is 981. The van der Waals surface area contributed by atoms with E-state index in [1.807, 2.05) is 24.4 Å². The van der Waals surface area contributed by atoms with Gasteiger partial charge < -0.3 is 4.74 Å².